The second kappa shape index (κ2) is 8.00. The summed E-state index contributed by atoms with van der Waals surface area (Å²) in [5.41, 5.74) is 4.23. The largest absolute Gasteiger partial charge is 0.483 e. The molecule has 128 valence electrons. The van der Waals surface area contributed by atoms with Crippen molar-refractivity contribution in [2.24, 2.45) is 0 Å². The third-order valence-electron chi connectivity index (χ3n) is 4.01. The maximum atomic E-state index is 12.3. The molecular formula is C21H27NO2. The van der Waals surface area contributed by atoms with Crippen molar-refractivity contribution >= 4 is 11.6 Å². The molecule has 0 saturated carbocycles. The molecule has 0 aromatic heterocycles. The molecular weight excluding hydrogens is 298 g/mol. The summed E-state index contributed by atoms with van der Waals surface area (Å²) in [7, 11) is 0. The van der Waals surface area contributed by atoms with Gasteiger partial charge in [0.2, 0.25) is 0 Å². The number of rotatable bonds is 6. The molecule has 3 nitrogen and oxygen atoms in total. The van der Waals surface area contributed by atoms with Crippen LogP contribution >= 0.6 is 0 Å². The fraction of sp³-hybridized carbons (Fsp3) is 0.381. The highest BCUT2D eigenvalue weighted by Crippen LogP contribution is 2.28. The summed E-state index contributed by atoms with van der Waals surface area (Å²) in [5.74, 6) is 1.36. The van der Waals surface area contributed by atoms with Crippen molar-refractivity contribution < 1.29 is 9.53 Å². The van der Waals surface area contributed by atoms with E-state index in [-0.39, 0.29) is 12.5 Å². The highest BCUT2D eigenvalue weighted by Gasteiger charge is 2.12. The molecule has 0 spiro atoms. The maximum Gasteiger partial charge on any atom is 0.262 e. The number of carbonyl (C=O) groups excluding carboxylic acids is 1. The van der Waals surface area contributed by atoms with Gasteiger partial charge in [-0.25, -0.2) is 0 Å². The van der Waals surface area contributed by atoms with Gasteiger partial charge in [0.1, 0.15) is 5.75 Å². The Bertz CT molecular complexity index is 705. The standard InChI is InChI=1S/C21H27NO2/c1-14(2)17-8-6-7-9-19(17)22-21(23)13-24-20-12-16(5)10-11-18(20)15(3)4/h6-12,14-15H,13H2,1-5H3,(H,22,23). The molecule has 0 aliphatic rings. The van der Waals surface area contributed by atoms with Crippen molar-refractivity contribution in [3.8, 4) is 5.75 Å². The number of anilines is 1. The molecule has 0 saturated heterocycles. The first-order valence-electron chi connectivity index (χ1n) is 8.50. The predicted molar refractivity (Wildman–Crippen MR) is 99.9 cm³/mol. The number of aryl methyl sites for hydroxylation is 1. The lowest BCUT2D eigenvalue weighted by molar-refractivity contribution is -0.118. The summed E-state index contributed by atoms with van der Waals surface area (Å²) >= 11 is 0. The second-order valence-electron chi connectivity index (χ2n) is 6.77. The molecule has 0 radical (unpaired) electrons. The van der Waals surface area contributed by atoms with Crippen LogP contribution in [0, 0.1) is 6.92 Å². The molecule has 24 heavy (non-hydrogen) atoms. The zero-order chi connectivity index (χ0) is 17.7. The first kappa shape index (κ1) is 18.1. The maximum absolute atomic E-state index is 12.3. The molecule has 3 heteroatoms. The highest BCUT2D eigenvalue weighted by molar-refractivity contribution is 5.92. The van der Waals surface area contributed by atoms with Gasteiger partial charge in [0.05, 0.1) is 0 Å². The number of hydrogen-bond acceptors (Lipinski definition) is 2. The first-order valence-corrected chi connectivity index (χ1v) is 8.50. The average Bonchev–Trinajstić information content (AvgIpc) is 2.53. The summed E-state index contributed by atoms with van der Waals surface area (Å²) in [6, 6.07) is 14.0. The third-order valence-corrected chi connectivity index (χ3v) is 4.01. The summed E-state index contributed by atoms with van der Waals surface area (Å²) < 4.78 is 5.80. The van der Waals surface area contributed by atoms with E-state index in [0.717, 1.165) is 28.1 Å². The summed E-state index contributed by atoms with van der Waals surface area (Å²) in [6.45, 7) is 10.5. The van der Waals surface area contributed by atoms with Crippen LogP contribution in [0.1, 0.15) is 56.2 Å². The minimum atomic E-state index is -0.140. The van der Waals surface area contributed by atoms with Crippen molar-refractivity contribution in [3.05, 3.63) is 59.2 Å². The topological polar surface area (TPSA) is 38.3 Å². The Morgan fingerprint density at radius 2 is 1.67 bits per heavy atom. The van der Waals surface area contributed by atoms with Crippen LogP contribution in [0.5, 0.6) is 5.75 Å². The van der Waals surface area contributed by atoms with Gasteiger partial charge in [0.25, 0.3) is 5.91 Å². The van der Waals surface area contributed by atoms with E-state index in [9.17, 15) is 4.79 Å². The van der Waals surface area contributed by atoms with Gasteiger partial charge in [0.15, 0.2) is 6.61 Å². The fourth-order valence-electron chi connectivity index (χ4n) is 2.69. The predicted octanol–water partition coefficient (Wildman–Crippen LogP) is 5.26. The van der Waals surface area contributed by atoms with Gasteiger partial charge in [-0.1, -0.05) is 58.0 Å². The summed E-state index contributed by atoms with van der Waals surface area (Å²) in [4.78, 5) is 12.3. The van der Waals surface area contributed by atoms with E-state index in [4.69, 9.17) is 4.74 Å². The van der Waals surface area contributed by atoms with E-state index in [1.807, 2.05) is 37.3 Å². The Hall–Kier alpha value is -2.29. The van der Waals surface area contributed by atoms with Crippen molar-refractivity contribution in [1.29, 1.82) is 0 Å². The SMILES string of the molecule is Cc1ccc(C(C)C)c(OCC(=O)Nc2ccccc2C(C)C)c1. The van der Waals surface area contributed by atoms with Crippen LogP contribution in [0.4, 0.5) is 5.69 Å². The van der Waals surface area contributed by atoms with Gasteiger partial charge in [-0.3, -0.25) is 4.79 Å². The van der Waals surface area contributed by atoms with Gasteiger partial charge < -0.3 is 10.1 Å². The van der Waals surface area contributed by atoms with Gasteiger partial charge in [-0.2, -0.15) is 0 Å². The highest BCUT2D eigenvalue weighted by atomic mass is 16.5. The Labute approximate surface area is 145 Å². The number of benzene rings is 2. The van der Waals surface area contributed by atoms with Crippen LogP contribution in [0.25, 0.3) is 0 Å². The van der Waals surface area contributed by atoms with E-state index in [0.29, 0.717) is 11.8 Å². The van der Waals surface area contributed by atoms with E-state index in [2.05, 4.69) is 45.1 Å². The van der Waals surface area contributed by atoms with E-state index < -0.39 is 0 Å². The second-order valence-corrected chi connectivity index (χ2v) is 6.77. The lowest BCUT2D eigenvalue weighted by atomic mass is 10.0. The zero-order valence-electron chi connectivity index (χ0n) is 15.2. The molecule has 0 fully saturated rings. The van der Waals surface area contributed by atoms with Crippen LogP contribution < -0.4 is 10.1 Å². The Kier molecular flexibility index (Phi) is 6.02. The Morgan fingerprint density at radius 1 is 1.00 bits per heavy atom. The number of hydrogen-bond donors (Lipinski definition) is 1. The Balaban J connectivity index is 2.06. The van der Waals surface area contributed by atoms with Crippen molar-refractivity contribution in [1.82, 2.24) is 0 Å². The monoisotopic (exact) mass is 325 g/mol. The van der Waals surface area contributed by atoms with Gasteiger partial charge >= 0.3 is 0 Å². The average molecular weight is 325 g/mol. The minimum Gasteiger partial charge on any atom is -0.483 e. The normalized spacial score (nSPS) is 11.0. The van der Waals surface area contributed by atoms with Crippen molar-refractivity contribution in [2.75, 3.05) is 11.9 Å². The number of nitrogens with one attached hydrogen (secondary N) is 1. The number of amides is 1. The lowest BCUT2D eigenvalue weighted by Gasteiger charge is -2.16. The fourth-order valence-corrected chi connectivity index (χ4v) is 2.69. The molecule has 0 aliphatic carbocycles. The molecule has 0 aliphatic heterocycles. The van der Waals surface area contributed by atoms with E-state index in [1.54, 1.807) is 0 Å². The molecule has 0 atom stereocenters. The summed E-state index contributed by atoms with van der Waals surface area (Å²) in [5, 5.41) is 2.96. The van der Waals surface area contributed by atoms with Gasteiger partial charge in [0, 0.05) is 5.69 Å². The minimum absolute atomic E-state index is 0.00953. The third kappa shape index (κ3) is 4.60. The molecule has 2 aromatic carbocycles. The van der Waals surface area contributed by atoms with Crippen LogP contribution in [0.2, 0.25) is 0 Å². The van der Waals surface area contributed by atoms with E-state index in [1.165, 1.54) is 0 Å². The van der Waals surface area contributed by atoms with Crippen molar-refractivity contribution in [3.63, 3.8) is 0 Å². The summed E-state index contributed by atoms with van der Waals surface area (Å²) in [6.07, 6.45) is 0. The molecule has 0 unspecified atom stereocenters. The smallest absolute Gasteiger partial charge is 0.262 e. The van der Waals surface area contributed by atoms with Crippen molar-refractivity contribution in [2.45, 2.75) is 46.5 Å². The number of ether oxygens (including phenoxy) is 1. The van der Waals surface area contributed by atoms with Crippen LogP contribution in [-0.2, 0) is 4.79 Å². The quantitative estimate of drug-likeness (QED) is 0.787. The van der Waals surface area contributed by atoms with E-state index >= 15 is 0 Å². The number of para-hydroxylation sites is 1. The van der Waals surface area contributed by atoms with Crippen LogP contribution in [0.15, 0.2) is 42.5 Å². The van der Waals surface area contributed by atoms with Crippen LogP contribution in [0.3, 0.4) is 0 Å². The first-order chi connectivity index (χ1) is 11.4. The molecule has 0 heterocycles. The lowest BCUT2D eigenvalue weighted by Crippen LogP contribution is -2.21. The van der Waals surface area contributed by atoms with Gasteiger partial charge in [-0.15, -0.1) is 0 Å². The van der Waals surface area contributed by atoms with Crippen LogP contribution in [-0.4, -0.2) is 12.5 Å². The zero-order valence-corrected chi connectivity index (χ0v) is 15.2. The molecule has 1 N–H and O–H groups in total. The van der Waals surface area contributed by atoms with Gasteiger partial charge in [-0.05, 0) is 47.6 Å². The molecule has 2 rings (SSSR count). The molecule has 0 bridgehead atoms. The number of carbonyl (C=O) groups is 1. The molecule has 1 amide bonds. The Morgan fingerprint density at radius 3 is 2.33 bits per heavy atom. The molecule has 2 aromatic rings.